The van der Waals surface area contributed by atoms with Crippen LogP contribution in [0.4, 0.5) is 0 Å². The molecule has 1 aromatic heterocycles. The lowest BCUT2D eigenvalue weighted by Crippen LogP contribution is -2.37. The highest BCUT2D eigenvalue weighted by atomic mass is 32.2. The van der Waals surface area contributed by atoms with E-state index < -0.39 is 0 Å². The minimum absolute atomic E-state index is 0.135. The Morgan fingerprint density at radius 3 is 2.65 bits per heavy atom. The molecule has 0 atom stereocenters. The number of aryl methyl sites for hydroxylation is 1. The van der Waals surface area contributed by atoms with E-state index in [2.05, 4.69) is 40.9 Å². The first-order valence-corrected chi connectivity index (χ1v) is 9.93. The first kappa shape index (κ1) is 18.3. The van der Waals surface area contributed by atoms with Crippen molar-refractivity contribution in [3.8, 4) is 0 Å². The maximum atomic E-state index is 12.3. The highest BCUT2D eigenvalue weighted by molar-refractivity contribution is 7.98. The number of rotatable bonds is 8. The third kappa shape index (κ3) is 4.72. The largest absolute Gasteiger partial charge is 0.356 e. The van der Waals surface area contributed by atoms with Gasteiger partial charge in [-0.2, -0.15) is 0 Å². The van der Waals surface area contributed by atoms with E-state index in [4.69, 9.17) is 0 Å². The molecule has 1 amide bonds. The number of carbonyl (C=O) groups is 1. The summed E-state index contributed by atoms with van der Waals surface area (Å²) in [5.74, 6) is 1.82. The molecule has 0 bridgehead atoms. The van der Waals surface area contributed by atoms with Crippen LogP contribution in [0, 0.1) is 11.3 Å². The molecule has 1 fully saturated rings. The smallest absolute Gasteiger partial charge is 0.225 e. The van der Waals surface area contributed by atoms with Crippen LogP contribution in [0.25, 0.3) is 0 Å². The van der Waals surface area contributed by atoms with E-state index in [-0.39, 0.29) is 11.3 Å². The predicted molar refractivity (Wildman–Crippen MR) is 94.5 cm³/mol. The van der Waals surface area contributed by atoms with Crippen molar-refractivity contribution in [2.24, 2.45) is 11.3 Å². The van der Waals surface area contributed by atoms with Crippen LogP contribution in [-0.2, 0) is 17.8 Å². The van der Waals surface area contributed by atoms with Crippen LogP contribution >= 0.6 is 11.8 Å². The van der Waals surface area contributed by atoms with Crippen molar-refractivity contribution in [1.82, 2.24) is 20.1 Å². The van der Waals surface area contributed by atoms with Crippen molar-refractivity contribution < 1.29 is 4.79 Å². The van der Waals surface area contributed by atoms with E-state index >= 15 is 0 Å². The number of aromatic nitrogens is 3. The van der Waals surface area contributed by atoms with E-state index in [9.17, 15) is 4.79 Å². The van der Waals surface area contributed by atoms with E-state index in [1.807, 2.05) is 6.26 Å². The van der Waals surface area contributed by atoms with E-state index in [1.165, 1.54) is 12.8 Å². The van der Waals surface area contributed by atoms with Gasteiger partial charge in [0.15, 0.2) is 5.16 Å². The normalized spacial score (nSPS) is 16.9. The molecule has 1 heterocycles. The Morgan fingerprint density at radius 1 is 1.35 bits per heavy atom. The second kappa shape index (κ2) is 8.18. The lowest BCUT2D eigenvalue weighted by atomic mass is 9.88. The van der Waals surface area contributed by atoms with Gasteiger partial charge in [-0.15, -0.1) is 10.2 Å². The molecule has 1 saturated carbocycles. The Morgan fingerprint density at radius 2 is 2.04 bits per heavy atom. The minimum atomic E-state index is -0.135. The highest BCUT2D eigenvalue weighted by Gasteiger charge is 2.35. The number of hydrogen-bond donors (Lipinski definition) is 1. The maximum absolute atomic E-state index is 12.3. The molecule has 0 spiro atoms. The van der Waals surface area contributed by atoms with Gasteiger partial charge in [-0.25, -0.2) is 0 Å². The van der Waals surface area contributed by atoms with Crippen molar-refractivity contribution in [3.63, 3.8) is 0 Å². The summed E-state index contributed by atoms with van der Waals surface area (Å²) < 4.78 is 2.22. The Hall–Kier alpha value is -1.04. The maximum Gasteiger partial charge on any atom is 0.225 e. The molecule has 0 saturated heterocycles. The molecule has 130 valence electrons. The van der Waals surface area contributed by atoms with Crippen molar-refractivity contribution in [1.29, 1.82) is 0 Å². The summed E-state index contributed by atoms with van der Waals surface area (Å²) in [6.07, 6.45) is 8.22. The lowest BCUT2D eigenvalue weighted by molar-refractivity contribution is -0.129. The fourth-order valence-electron chi connectivity index (χ4n) is 3.25. The first-order valence-electron chi connectivity index (χ1n) is 8.70. The van der Waals surface area contributed by atoms with Gasteiger partial charge >= 0.3 is 0 Å². The topological polar surface area (TPSA) is 59.8 Å². The molecular formula is C17H30N4OS. The molecule has 5 nitrogen and oxygen atoms in total. The number of thioether (sulfide) groups is 1. The number of nitrogens with zero attached hydrogens (tertiary/aromatic N) is 3. The number of carbonyl (C=O) groups excluding carboxylic acids is 1. The van der Waals surface area contributed by atoms with Crippen LogP contribution in [0.1, 0.15) is 58.7 Å². The predicted octanol–water partition coefficient (Wildman–Crippen LogP) is 3.29. The van der Waals surface area contributed by atoms with Gasteiger partial charge in [0.25, 0.3) is 0 Å². The molecule has 1 N–H and O–H groups in total. The molecular weight excluding hydrogens is 308 g/mol. The molecule has 0 aliphatic heterocycles. The van der Waals surface area contributed by atoms with Gasteiger partial charge in [0.05, 0.1) is 0 Å². The molecule has 0 aromatic carbocycles. The van der Waals surface area contributed by atoms with Gasteiger partial charge in [0.2, 0.25) is 5.91 Å². The summed E-state index contributed by atoms with van der Waals surface area (Å²) >= 11 is 1.64. The average Bonchev–Trinajstić information content (AvgIpc) is 3.11. The monoisotopic (exact) mass is 338 g/mol. The summed E-state index contributed by atoms with van der Waals surface area (Å²) in [7, 11) is 0. The highest BCUT2D eigenvalue weighted by Crippen LogP contribution is 2.37. The third-order valence-corrected chi connectivity index (χ3v) is 5.31. The Balaban J connectivity index is 1.82. The Bertz CT molecular complexity index is 521. The zero-order valence-electron chi connectivity index (χ0n) is 14.9. The molecule has 6 heteroatoms. The fourth-order valence-corrected chi connectivity index (χ4v) is 3.77. The van der Waals surface area contributed by atoms with Gasteiger partial charge in [0.1, 0.15) is 5.82 Å². The van der Waals surface area contributed by atoms with Crippen molar-refractivity contribution >= 4 is 17.7 Å². The summed E-state index contributed by atoms with van der Waals surface area (Å²) in [4.78, 5) is 12.3. The minimum Gasteiger partial charge on any atom is -0.356 e. The molecule has 0 unspecified atom stereocenters. The number of hydrogen-bond acceptors (Lipinski definition) is 4. The second-order valence-electron chi connectivity index (χ2n) is 7.23. The van der Waals surface area contributed by atoms with Crippen molar-refractivity contribution in [2.45, 2.75) is 71.0 Å². The number of nitrogens with one attached hydrogen (secondary N) is 1. The van der Waals surface area contributed by atoms with Crippen LogP contribution in [0.5, 0.6) is 0 Å². The second-order valence-corrected chi connectivity index (χ2v) is 8.01. The van der Waals surface area contributed by atoms with Crippen LogP contribution in [0.15, 0.2) is 5.16 Å². The summed E-state index contributed by atoms with van der Waals surface area (Å²) in [6.45, 7) is 8.17. The molecule has 1 aromatic rings. The summed E-state index contributed by atoms with van der Waals surface area (Å²) in [5.41, 5.74) is -0.135. The van der Waals surface area contributed by atoms with Gasteiger partial charge in [-0.1, -0.05) is 45.4 Å². The lowest BCUT2D eigenvalue weighted by Gasteiger charge is -2.22. The summed E-state index contributed by atoms with van der Waals surface area (Å²) in [5, 5.41) is 12.7. The van der Waals surface area contributed by atoms with Crippen LogP contribution in [0.3, 0.4) is 0 Å². The first-order chi connectivity index (χ1) is 11.0. The fraction of sp³-hybridized carbons (Fsp3) is 0.824. The van der Waals surface area contributed by atoms with Crippen molar-refractivity contribution in [3.05, 3.63) is 5.82 Å². The Labute approximate surface area is 144 Å². The zero-order chi connectivity index (χ0) is 16.9. The van der Waals surface area contributed by atoms with Gasteiger partial charge in [-0.05, 0) is 31.4 Å². The van der Waals surface area contributed by atoms with Crippen molar-refractivity contribution in [2.75, 3.05) is 12.8 Å². The molecule has 2 rings (SSSR count). The molecule has 23 heavy (non-hydrogen) atoms. The summed E-state index contributed by atoms with van der Waals surface area (Å²) in [6, 6.07) is 0. The molecule has 1 aliphatic rings. The van der Waals surface area contributed by atoms with E-state index in [0.29, 0.717) is 5.92 Å². The van der Waals surface area contributed by atoms with Crippen LogP contribution in [0.2, 0.25) is 0 Å². The number of amides is 1. The van der Waals surface area contributed by atoms with Crippen LogP contribution < -0.4 is 5.32 Å². The zero-order valence-corrected chi connectivity index (χ0v) is 15.7. The molecule has 0 radical (unpaired) electrons. The quantitative estimate of drug-likeness (QED) is 0.584. The van der Waals surface area contributed by atoms with Gasteiger partial charge in [0, 0.05) is 24.9 Å². The van der Waals surface area contributed by atoms with E-state index in [1.54, 1.807) is 11.8 Å². The Kier molecular flexibility index (Phi) is 6.50. The average molecular weight is 339 g/mol. The van der Waals surface area contributed by atoms with E-state index in [0.717, 1.165) is 49.8 Å². The third-order valence-electron chi connectivity index (χ3n) is 4.64. The van der Waals surface area contributed by atoms with Gasteiger partial charge < -0.3 is 9.88 Å². The van der Waals surface area contributed by atoms with Gasteiger partial charge in [-0.3, -0.25) is 4.79 Å². The SMILES string of the molecule is CSc1nnc(CCCNC(=O)C2(C)CCCC2)n1CC(C)C. The standard InChI is InChI=1S/C17H30N4OS/c1-13(2)12-21-14(19-20-16(21)23-4)8-7-11-18-15(22)17(3)9-5-6-10-17/h13H,5-12H2,1-4H3,(H,18,22). The van der Waals surface area contributed by atoms with Crippen LogP contribution in [-0.4, -0.2) is 33.5 Å². The molecule has 1 aliphatic carbocycles.